The van der Waals surface area contributed by atoms with E-state index in [2.05, 4.69) is 45.6 Å². The summed E-state index contributed by atoms with van der Waals surface area (Å²) in [5.41, 5.74) is 4.32. The lowest BCUT2D eigenvalue weighted by Crippen LogP contribution is -2.47. The first-order valence-electron chi connectivity index (χ1n) is 13.8. The molecule has 40 heavy (non-hydrogen) atoms. The largest absolute Gasteiger partial charge is 0.459 e. The van der Waals surface area contributed by atoms with E-state index in [1.54, 1.807) is 24.3 Å². The lowest BCUT2D eigenvalue weighted by molar-refractivity contribution is 0.0950. The zero-order valence-corrected chi connectivity index (χ0v) is 23.6. The minimum atomic E-state index is -2.89. The van der Waals surface area contributed by atoms with Crippen molar-refractivity contribution in [2.75, 3.05) is 59.3 Å². The number of aryl methyl sites for hydroxylation is 1. The molecule has 3 aromatic rings. The number of nitrogens with one attached hydrogen (secondary N) is 2. The molecule has 0 radical (unpaired) electrons. The maximum Gasteiger partial charge on any atom is 0.291 e. The van der Waals surface area contributed by atoms with Crippen molar-refractivity contribution in [1.29, 1.82) is 0 Å². The van der Waals surface area contributed by atoms with Crippen LogP contribution in [0.5, 0.6) is 0 Å². The zero-order valence-electron chi connectivity index (χ0n) is 22.8. The number of anilines is 3. The maximum atomic E-state index is 13.0. The summed E-state index contributed by atoms with van der Waals surface area (Å²) in [6, 6.07) is 17.0. The molecule has 2 aliphatic rings. The lowest BCUT2D eigenvalue weighted by Gasteiger charge is -2.38. The third kappa shape index (κ3) is 6.67. The number of carbonyl (C=O) groups is 2. The van der Waals surface area contributed by atoms with Gasteiger partial charge in [0.25, 0.3) is 11.8 Å². The third-order valence-corrected chi connectivity index (χ3v) is 9.57. The summed E-state index contributed by atoms with van der Waals surface area (Å²) in [4.78, 5) is 30.4. The number of nitrogens with zero attached hydrogens (tertiary/aromatic N) is 2. The van der Waals surface area contributed by atoms with Gasteiger partial charge in [0, 0.05) is 44.0 Å². The monoisotopic (exact) mass is 564 g/mol. The van der Waals surface area contributed by atoms with Crippen molar-refractivity contribution in [1.82, 2.24) is 5.32 Å². The van der Waals surface area contributed by atoms with Crippen LogP contribution in [0.3, 0.4) is 0 Å². The summed E-state index contributed by atoms with van der Waals surface area (Å²) >= 11 is 0. The average Bonchev–Trinajstić information content (AvgIpc) is 3.61. The third-order valence-electron chi connectivity index (χ3n) is 7.73. The number of sulfone groups is 1. The summed E-state index contributed by atoms with van der Waals surface area (Å²) in [6.45, 7) is 5.78. The SMILES string of the molecule is Cc1ccccc1N1CCN(c2ccc(C(=O)NCCCC3CCS(=O)(=O)C3)cc2NC(=O)c2ccco2)CC1. The second kappa shape index (κ2) is 12.2. The van der Waals surface area contributed by atoms with Gasteiger partial charge in [-0.1, -0.05) is 18.2 Å². The molecule has 3 heterocycles. The van der Waals surface area contributed by atoms with Gasteiger partial charge in [0.05, 0.1) is 29.1 Å². The fourth-order valence-electron chi connectivity index (χ4n) is 5.55. The van der Waals surface area contributed by atoms with E-state index in [-0.39, 0.29) is 35.0 Å². The smallest absolute Gasteiger partial charge is 0.291 e. The van der Waals surface area contributed by atoms with Crippen LogP contribution >= 0.6 is 0 Å². The van der Waals surface area contributed by atoms with Gasteiger partial charge in [0.1, 0.15) is 0 Å². The van der Waals surface area contributed by atoms with Gasteiger partial charge in [-0.2, -0.15) is 0 Å². The van der Waals surface area contributed by atoms with Crippen LogP contribution in [-0.2, 0) is 9.84 Å². The van der Waals surface area contributed by atoms with Crippen LogP contribution in [0.15, 0.2) is 65.3 Å². The molecule has 2 saturated heterocycles. The molecule has 10 heteroatoms. The van der Waals surface area contributed by atoms with Gasteiger partial charge in [-0.25, -0.2) is 8.42 Å². The van der Waals surface area contributed by atoms with Crippen LogP contribution in [0, 0.1) is 12.8 Å². The summed E-state index contributed by atoms with van der Waals surface area (Å²) in [5.74, 6) is 0.275. The number of benzene rings is 2. The van der Waals surface area contributed by atoms with E-state index in [1.807, 2.05) is 12.1 Å². The molecule has 0 aliphatic carbocycles. The van der Waals surface area contributed by atoms with Gasteiger partial charge in [-0.3, -0.25) is 9.59 Å². The minimum absolute atomic E-state index is 0.177. The number of furan rings is 1. The fraction of sp³-hybridized carbons (Fsp3) is 0.400. The van der Waals surface area contributed by atoms with E-state index in [9.17, 15) is 18.0 Å². The Labute approximate surface area is 235 Å². The standard InChI is InChI=1S/C30H36N4O5S/c1-22-6-2-3-8-26(22)33-14-16-34(17-15-33)27-11-10-24(20-25(27)32-30(36)28-9-5-18-39-28)29(35)31-13-4-7-23-12-19-40(37,38)21-23/h2-3,5-6,8-11,18,20,23H,4,7,12-17,19,21H2,1H3,(H,31,35)(H,32,36). The molecule has 1 atom stereocenters. The molecule has 2 amide bonds. The Hall–Kier alpha value is -3.79. The minimum Gasteiger partial charge on any atom is -0.459 e. The van der Waals surface area contributed by atoms with Crippen molar-refractivity contribution in [3.63, 3.8) is 0 Å². The number of carbonyl (C=O) groups excluding carboxylic acids is 2. The van der Waals surface area contributed by atoms with Gasteiger partial charge >= 0.3 is 0 Å². The average molecular weight is 565 g/mol. The topological polar surface area (TPSA) is 112 Å². The molecule has 5 rings (SSSR count). The predicted molar refractivity (Wildman–Crippen MR) is 157 cm³/mol. The van der Waals surface area contributed by atoms with Gasteiger partial charge in [-0.05, 0) is 74.1 Å². The van der Waals surface area contributed by atoms with Gasteiger partial charge in [0.15, 0.2) is 15.6 Å². The van der Waals surface area contributed by atoms with Crippen molar-refractivity contribution in [3.05, 3.63) is 77.7 Å². The Kier molecular flexibility index (Phi) is 8.44. The van der Waals surface area contributed by atoms with Crippen molar-refractivity contribution in [3.8, 4) is 0 Å². The second-order valence-electron chi connectivity index (χ2n) is 10.6. The van der Waals surface area contributed by atoms with Crippen LogP contribution in [0.4, 0.5) is 17.1 Å². The summed E-state index contributed by atoms with van der Waals surface area (Å²) in [6.07, 6.45) is 3.65. The van der Waals surface area contributed by atoms with E-state index < -0.39 is 9.84 Å². The highest BCUT2D eigenvalue weighted by Crippen LogP contribution is 2.30. The molecule has 2 aromatic carbocycles. The first-order valence-corrected chi connectivity index (χ1v) is 15.6. The Bertz CT molecular complexity index is 1450. The number of hydrogen-bond donors (Lipinski definition) is 2. The zero-order chi connectivity index (χ0) is 28.1. The number of amides is 2. The quantitative estimate of drug-likeness (QED) is 0.376. The molecule has 212 valence electrons. The van der Waals surface area contributed by atoms with Crippen LogP contribution in [0.1, 0.15) is 45.7 Å². The Morgan fingerprint density at radius 1 is 0.950 bits per heavy atom. The van der Waals surface area contributed by atoms with Crippen LogP contribution in [0.2, 0.25) is 0 Å². The summed E-state index contributed by atoms with van der Waals surface area (Å²) < 4.78 is 28.6. The molecular weight excluding hydrogens is 528 g/mol. The molecule has 1 aromatic heterocycles. The molecule has 2 fully saturated rings. The normalized spacial score (nSPS) is 18.5. The highest BCUT2D eigenvalue weighted by molar-refractivity contribution is 7.91. The Balaban J connectivity index is 1.25. The Morgan fingerprint density at radius 2 is 1.70 bits per heavy atom. The molecule has 9 nitrogen and oxygen atoms in total. The number of piperazine rings is 1. The van der Waals surface area contributed by atoms with E-state index >= 15 is 0 Å². The highest BCUT2D eigenvalue weighted by Gasteiger charge is 2.27. The van der Waals surface area contributed by atoms with E-state index in [0.717, 1.165) is 44.7 Å². The van der Waals surface area contributed by atoms with E-state index in [4.69, 9.17) is 4.42 Å². The molecule has 1 unspecified atom stereocenters. The van der Waals surface area contributed by atoms with Crippen LogP contribution in [0.25, 0.3) is 0 Å². The Morgan fingerprint density at radius 3 is 2.38 bits per heavy atom. The van der Waals surface area contributed by atoms with Crippen molar-refractivity contribution < 1.29 is 22.4 Å². The summed E-state index contributed by atoms with van der Waals surface area (Å²) in [7, 11) is -2.89. The molecule has 0 spiro atoms. The van der Waals surface area contributed by atoms with Gasteiger partial charge in [-0.15, -0.1) is 0 Å². The molecular formula is C30H36N4O5S. The van der Waals surface area contributed by atoms with E-state index in [0.29, 0.717) is 24.2 Å². The molecule has 0 bridgehead atoms. The fourth-order valence-corrected chi connectivity index (χ4v) is 7.46. The van der Waals surface area contributed by atoms with E-state index in [1.165, 1.54) is 17.5 Å². The number of hydrogen-bond acceptors (Lipinski definition) is 7. The highest BCUT2D eigenvalue weighted by atomic mass is 32.2. The maximum absolute atomic E-state index is 13.0. The molecule has 2 aliphatic heterocycles. The van der Waals surface area contributed by atoms with Crippen molar-refractivity contribution >= 4 is 38.7 Å². The second-order valence-corrected chi connectivity index (χ2v) is 12.8. The van der Waals surface area contributed by atoms with Gasteiger partial charge < -0.3 is 24.9 Å². The predicted octanol–water partition coefficient (Wildman–Crippen LogP) is 4.11. The molecule has 0 saturated carbocycles. The summed E-state index contributed by atoms with van der Waals surface area (Å²) in [5, 5.41) is 5.88. The number of para-hydroxylation sites is 1. The van der Waals surface area contributed by atoms with Crippen LogP contribution in [-0.4, -0.2) is 64.5 Å². The first-order chi connectivity index (χ1) is 19.3. The molecule has 2 N–H and O–H groups in total. The van der Waals surface area contributed by atoms with Crippen molar-refractivity contribution in [2.24, 2.45) is 5.92 Å². The lowest BCUT2D eigenvalue weighted by atomic mass is 10.0. The van der Waals surface area contributed by atoms with Gasteiger partial charge in [0.2, 0.25) is 0 Å². The van der Waals surface area contributed by atoms with Crippen molar-refractivity contribution in [2.45, 2.75) is 26.2 Å². The first kappa shape index (κ1) is 27.8. The number of rotatable bonds is 9. The van der Waals surface area contributed by atoms with Crippen LogP contribution < -0.4 is 20.4 Å².